The summed E-state index contributed by atoms with van der Waals surface area (Å²) in [5, 5.41) is 16.9. The Morgan fingerprint density at radius 3 is 1.97 bits per heavy atom. The van der Waals surface area contributed by atoms with Crippen molar-refractivity contribution in [2.45, 2.75) is 71.6 Å². The Morgan fingerprint density at radius 2 is 1.47 bits per heavy atom. The molecule has 9 heteroatoms. The van der Waals surface area contributed by atoms with Crippen LogP contribution in [0, 0.1) is 11.8 Å². The van der Waals surface area contributed by atoms with Crippen LogP contribution in [-0.2, 0) is 25.6 Å². The molecular formula is C23H36N4O5. The molecule has 0 bridgehead atoms. The van der Waals surface area contributed by atoms with Gasteiger partial charge in [-0.3, -0.25) is 14.4 Å². The molecule has 0 aliphatic heterocycles. The fourth-order valence-electron chi connectivity index (χ4n) is 3.11. The molecule has 0 heterocycles. The Hall–Kier alpha value is -2.94. The van der Waals surface area contributed by atoms with Crippen LogP contribution in [-0.4, -0.2) is 53.0 Å². The minimum atomic E-state index is -1.15. The van der Waals surface area contributed by atoms with Crippen molar-refractivity contribution in [2.75, 3.05) is 0 Å². The van der Waals surface area contributed by atoms with Crippen molar-refractivity contribution in [1.82, 2.24) is 16.0 Å². The second kappa shape index (κ2) is 12.8. The lowest BCUT2D eigenvalue weighted by Crippen LogP contribution is -2.57. The summed E-state index contributed by atoms with van der Waals surface area (Å²) >= 11 is 0. The summed E-state index contributed by atoms with van der Waals surface area (Å²) < 4.78 is 0. The number of carboxylic acids is 1. The number of carbonyl (C=O) groups excluding carboxylic acids is 3. The van der Waals surface area contributed by atoms with Gasteiger partial charge in [0.25, 0.3) is 0 Å². The minimum Gasteiger partial charge on any atom is -0.480 e. The molecule has 0 saturated carbocycles. The van der Waals surface area contributed by atoms with E-state index < -0.39 is 47.9 Å². The van der Waals surface area contributed by atoms with Gasteiger partial charge < -0.3 is 26.8 Å². The topological polar surface area (TPSA) is 151 Å². The van der Waals surface area contributed by atoms with Gasteiger partial charge in [-0.2, -0.15) is 0 Å². The molecule has 6 N–H and O–H groups in total. The van der Waals surface area contributed by atoms with Gasteiger partial charge in [0.15, 0.2) is 0 Å². The predicted molar refractivity (Wildman–Crippen MR) is 122 cm³/mol. The molecule has 1 aromatic rings. The van der Waals surface area contributed by atoms with E-state index >= 15 is 0 Å². The van der Waals surface area contributed by atoms with Gasteiger partial charge >= 0.3 is 5.97 Å². The van der Waals surface area contributed by atoms with E-state index in [-0.39, 0.29) is 11.8 Å². The number of nitrogens with one attached hydrogen (secondary N) is 3. The standard InChI is InChI=1S/C23H36N4O5/c1-13(2)11-18(26-21(29)17(24)12-16-9-7-6-8-10-16)22(30)25-15(5)20(28)27-19(14(3)4)23(31)32/h6-10,13-15,17-19H,11-12,24H2,1-5H3,(H,25,30)(H,26,29)(H,27,28)(H,31,32)/t15-,17-,18-,19-/m0/s1. The minimum absolute atomic E-state index is 0.0952. The van der Waals surface area contributed by atoms with E-state index in [9.17, 15) is 24.3 Å². The molecule has 0 unspecified atom stereocenters. The fourth-order valence-corrected chi connectivity index (χ4v) is 3.11. The van der Waals surface area contributed by atoms with Crippen LogP contribution in [0.2, 0.25) is 0 Å². The van der Waals surface area contributed by atoms with Crippen molar-refractivity contribution in [1.29, 1.82) is 0 Å². The number of carboxylic acid groups (broad SMARTS) is 1. The van der Waals surface area contributed by atoms with Crippen molar-refractivity contribution < 1.29 is 24.3 Å². The van der Waals surface area contributed by atoms with Gasteiger partial charge in [0.2, 0.25) is 17.7 Å². The maximum atomic E-state index is 12.8. The van der Waals surface area contributed by atoms with Crippen LogP contribution in [0.4, 0.5) is 0 Å². The van der Waals surface area contributed by atoms with Crippen LogP contribution in [0.1, 0.15) is 46.6 Å². The number of nitrogens with two attached hydrogens (primary N) is 1. The first-order valence-corrected chi connectivity index (χ1v) is 10.9. The molecule has 0 saturated heterocycles. The van der Waals surface area contributed by atoms with E-state index in [0.29, 0.717) is 12.8 Å². The predicted octanol–water partition coefficient (Wildman–Crippen LogP) is 0.817. The van der Waals surface area contributed by atoms with E-state index in [4.69, 9.17) is 5.73 Å². The van der Waals surface area contributed by atoms with E-state index in [1.807, 2.05) is 44.2 Å². The maximum Gasteiger partial charge on any atom is 0.326 e. The third-order valence-electron chi connectivity index (χ3n) is 4.96. The van der Waals surface area contributed by atoms with Gasteiger partial charge in [-0.25, -0.2) is 4.79 Å². The first kappa shape index (κ1) is 27.1. The molecule has 178 valence electrons. The smallest absolute Gasteiger partial charge is 0.326 e. The quantitative estimate of drug-likeness (QED) is 0.319. The summed E-state index contributed by atoms with van der Waals surface area (Å²) in [6.07, 6.45) is 0.682. The van der Waals surface area contributed by atoms with Crippen LogP contribution in [0.3, 0.4) is 0 Å². The molecule has 0 spiro atoms. The first-order valence-electron chi connectivity index (χ1n) is 10.9. The highest BCUT2D eigenvalue weighted by Gasteiger charge is 2.29. The van der Waals surface area contributed by atoms with Crippen LogP contribution < -0.4 is 21.7 Å². The van der Waals surface area contributed by atoms with Gasteiger partial charge in [0.05, 0.1) is 6.04 Å². The summed E-state index contributed by atoms with van der Waals surface area (Å²) in [5.74, 6) is -2.98. The molecule has 0 radical (unpaired) electrons. The third kappa shape index (κ3) is 9.05. The van der Waals surface area contributed by atoms with Gasteiger partial charge in [0, 0.05) is 0 Å². The SMILES string of the molecule is CC(C)C[C@H](NC(=O)[C@@H](N)Cc1ccccc1)C(=O)N[C@@H](C)C(=O)N[C@H](C(=O)O)C(C)C. The molecule has 1 rings (SSSR count). The Morgan fingerprint density at radius 1 is 0.875 bits per heavy atom. The zero-order chi connectivity index (χ0) is 24.4. The molecule has 0 aliphatic carbocycles. The van der Waals surface area contributed by atoms with Crippen molar-refractivity contribution in [3.05, 3.63) is 35.9 Å². The Bertz CT molecular complexity index is 782. The number of benzene rings is 1. The van der Waals surface area contributed by atoms with Gasteiger partial charge in [-0.05, 0) is 37.2 Å². The summed E-state index contributed by atoms with van der Waals surface area (Å²) in [7, 11) is 0. The summed E-state index contributed by atoms with van der Waals surface area (Å²) in [4.78, 5) is 49.1. The Balaban J connectivity index is 2.77. The van der Waals surface area contributed by atoms with Crippen molar-refractivity contribution >= 4 is 23.7 Å². The number of hydrogen-bond acceptors (Lipinski definition) is 5. The van der Waals surface area contributed by atoms with Crippen LogP contribution >= 0.6 is 0 Å². The summed E-state index contributed by atoms with van der Waals surface area (Å²) in [6.45, 7) is 8.63. The van der Waals surface area contributed by atoms with Crippen molar-refractivity contribution in [3.63, 3.8) is 0 Å². The van der Waals surface area contributed by atoms with Crippen LogP contribution in [0.15, 0.2) is 30.3 Å². The molecule has 32 heavy (non-hydrogen) atoms. The zero-order valence-corrected chi connectivity index (χ0v) is 19.4. The van der Waals surface area contributed by atoms with Gasteiger partial charge in [-0.15, -0.1) is 0 Å². The lowest BCUT2D eigenvalue weighted by atomic mass is 10.0. The van der Waals surface area contributed by atoms with Gasteiger partial charge in [-0.1, -0.05) is 58.0 Å². The number of carbonyl (C=O) groups is 4. The number of rotatable bonds is 12. The highest BCUT2D eigenvalue weighted by atomic mass is 16.4. The second-order valence-corrected chi connectivity index (χ2v) is 8.79. The Labute approximate surface area is 189 Å². The monoisotopic (exact) mass is 448 g/mol. The van der Waals surface area contributed by atoms with E-state index in [1.54, 1.807) is 13.8 Å². The second-order valence-electron chi connectivity index (χ2n) is 8.79. The highest BCUT2D eigenvalue weighted by Crippen LogP contribution is 2.08. The van der Waals surface area contributed by atoms with Crippen molar-refractivity contribution in [2.24, 2.45) is 17.6 Å². The van der Waals surface area contributed by atoms with E-state index in [1.165, 1.54) is 6.92 Å². The first-order chi connectivity index (χ1) is 14.9. The summed E-state index contributed by atoms with van der Waals surface area (Å²) in [5.41, 5.74) is 6.93. The van der Waals surface area contributed by atoms with Crippen molar-refractivity contribution in [3.8, 4) is 0 Å². The normalized spacial score (nSPS) is 14.9. The average molecular weight is 449 g/mol. The molecule has 4 atom stereocenters. The number of amides is 3. The molecule has 3 amide bonds. The molecule has 0 aromatic heterocycles. The number of hydrogen-bond donors (Lipinski definition) is 5. The van der Waals surface area contributed by atoms with Crippen LogP contribution in [0.5, 0.6) is 0 Å². The summed E-state index contributed by atoms with van der Waals surface area (Å²) in [6, 6.07) is 5.57. The molecule has 0 fully saturated rings. The lowest BCUT2D eigenvalue weighted by molar-refractivity contribution is -0.143. The third-order valence-corrected chi connectivity index (χ3v) is 4.96. The Kier molecular flexibility index (Phi) is 10.8. The molecule has 0 aliphatic rings. The zero-order valence-electron chi connectivity index (χ0n) is 19.4. The molecule has 9 nitrogen and oxygen atoms in total. The maximum absolute atomic E-state index is 12.8. The fraction of sp³-hybridized carbons (Fsp3) is 0.565. The largest absolute Gasteiger partial charge is 0.480 e. The van der Waals surface area contributed by atoms with E-state index in [0.717, 1.165) is 5.56 Å². The molecular weight excluding hydrogens is 412 g/mol. The number of aliphatic carboxylic acids is 1. The van der Waals surface area contributed by atoms with Crippen LogP contribution in [0.25, 0.3) is 0 Å². The molecule has 1 aromatic carbocycles. The van der Waals surface area contributed by atoms with E-state index in [2.05, 4.69) is 16.0 Å². The van der Waals surface area contributed by atoms with Gasteiger partial charge in [0.1, 0.15) is 18.1 Å². The highest BCUT2D eigenvalue weighted by molar-refractivity contribution is 5.94. The lowest BCUT2D eigenvalue weighted by Gasteiger charge is -2.25. The average Bonchev–Trinajstić information content (AvgIpc) is 2.70.